The minimum absolute atomic E-state index is 0.264. The Morgan fingerprint density at radius 1 is 1.03 bits per heavy atom. The summed E-state index contributed by atoms with van der Waals surface area (Å²) in [5, 5.41) is 0.461. The van der Waals surface area contributed by atoms with Crippen LogP contribution in [0.5, 0.6) is 5.75 Å². The molecule has 0 radical (unpaired) electrons. The summed E-state index contributed by atoms with van der Waals surface area (Å²) in [5.41, 5.74) is 5.09. The van der Waals surface area contributed by atoms with Crippen LogP contribution in [0, 0.1) is 6.92 Å². The minimum Gasteiger partial charge on any atom is -0.474 e. The molecule has 34 heavy (non-hydrogen) atoms. The molecule has 0 bridgehead atoms. The summed E-state index contributed by atoms with van der Waals surface area (Å²) in [5.74, 6) is 1.19. The average Bonchev–Trinajstić information content (AvgIpc) is 3.18. The van der Waals surface area contributed by atoms with Gasteiger partial charge in [-0.1, -0.05) is 61.0 Å². The van der Waals surface area contributed by atoms with Crippen LogP contribution in [0.3, 0.4) is 0 Å². The van der Waals surface area contributed by atoms with E-state index in [0.29, 0.717) is 22.9 Å². The highest BCUT2D eigenvalue weighted by atomic mass is 35.5. The molecule has 3 aromatic carbocycles. The molecular formula is C28H29ClN2O3. The number of aryl methyl sites for hydroxylation is 2. The average molecular weight is 477 g/mol. The third-order valence-electron chi connectivity index (χ3n) is 5.74. The van der Waals surface area contributed by atoms with E-state index in [-0.39, 0.29) is 6.61 Å². The van der Waals surface area contributed by atoms with Gasteiger partial charge in [-0.25, -0.2) is 9.78 Å². The maximum atomic E-state index is 12.6. The van der Waals surface area contributed by atoms with Crippen LogP contribution in [0.1, 0.15) is 48.9 Å². The number of carbonyl (C=O) groups excluding carboxylic acids is 1. The fraction of sp³-hybridized carbons (Fsp3) is 0.286. The topological polar surface area (TPSA) is 53.4 Å². The molecule has 0 aliphatic rings. The lowest BCUT2D eigenvalue weighted by Crippen LogP contribution is -2.21. The zero-order valence-corrected chi connectivity index (χ0v) is 20.5. The number of carbonyl (C=O) groups is 1. The molecule has 4 rings (SSSR count). The van der Waals surface area contributed by atoms with Crippen LogP contribution < -0.4 is 4.74 Å². The van der Waals surface area contributed by atoms with Crippen molar-refractivity contribution in [1.82, 2.24) is 9.55 Å². The minimum atomic E-state index is -0.934. The number of nitrogens with zero attached hydrogens (tertiary/aromatic N) is 2. The number of benzene rings is 3. The molecule has 0 spiro atoms. The zero-order chi connectivity index (χ0) is 24.1. The number of rotatable bonds is 9. The van der Waals surface area contributed by atoms with Crippen LogP contribution in [-0.2, 0) is 22.5 Å². The molecule has 0 fully saturated rings. The number of aromatic nitrogens is 2. The number of ether oxygens (including phenoxy) is 2. The van der Waals surface area contributed by atoms with Gasteiger partial charge < -0.3 is 14.0 Å². The maximum Gasteiger partial charge on any atom is 0.352 e. The van der Waals surface area contributed by atoms with Crippen LogP contribution >= 0.6 is 11.6 Å². The number of hydrogen-bond donors (Lipinski definition) is 0. The molecule has 6 heteroatoms. The number of para-hydroxylation sites is 1. The Labute approximate surface area is 205 Å². The largest absolute Gasteiger partial charge is 0.474 e. The van der Waals surface area contributed by atoms with E-state index in [0.717, 1.165) is 35.3 Å². The Balaban J connectivity index is 1.59. The Morgan fingerprint density at radius 3 is 2.50 bits per heavy atom. The molecule has 176 valence electrons. The maximum absolute atomic E-state index is 12.6. The van der Waals surface area contributed by atoms with Gasteiger partial charge in [0.1, 0.15) is 11.6 Å². The van der Waals surface area contributed by atoms with Gasteiger partial charge in [-0.3, -0.25) is 0 Å². The Morgan fingerprint density at radius 2 is 1.79 bits per heavy atom. The smallest absolute Gasteiger partial charge is 0.352 e. The van der Waals surface area contributed by atoms with Crippen molar-refractivity contribution in [2.75, 3.05) is 6.61 Å². The number of imidazole rings is 1. The van der Waals surface area contributed by atoms with Gasteiger partial charge in [-0.05, 0) is 55.7 Å². The molecule has 0 saturated carbocycles. The SMILES string of the molecule is CCCc1nc2c(C)cccc2n1Cc1ccc(OC(C(=O)OCC)c2ccccc2Cl)cc1. The van der Waals surface area contributed by atoms with Gasteiger partial charge in [0, 0.05) is 23.6 Å². The number of hydrogen-bond acceptors (Lipinski definition) is 4. The Bertz CT molecular complexity index is 1280. The fourth-order valence-corrected chi connectivity index (χ4v) is 4.30. The summed E-state index contributed by atoms with van der Waals surface area (Å²) in [4.78, 5) is 17.5. The normalized spacial score (nSPS) is 12.0. The van der Waals surface area contributed by atoms with Crippen LogP contribution in [-0.4, -0.2) is 22.1 Å². The van der Waals surface area contributed by atoms with Crippen LogP contribution in [0.25, 0.3) is 11.0 Å². The molecule has 0 N–H and O–H groups in total. The van der Waals surface area contributed by atoms with Gasteiger partial charge in [0.05, 0.1) is 17.6 Å². The lowest BCUT2D eigenvalue weighted by molar-refractivity contribution is -0.151. The third-order valence-corrected chi connectivity index (χ3v) is 6.08. The van der Waals surface area contributed by atoms with E-state index in [9.17, 15) is 4.79 Å². The zero-order valence-electron chi connectivity index (χ0n) is 19.8. The lowest BCUT2D eigenvalue weighted by atomic mass is 10.1. The van der Waals surface area contributed by atoms with Gasteiger partial charge >= 0.3 is 5.97 Å². The van der Waals surface area contributed by atoms with E-state index >= 15 is 0 Å². The summed E-state index contributed by atoms with van der Waals surface area (Å²) in [6, 6.07) is 21.2. The highest BCUT2D eigenvalue weighted by Crippen LogP contribution is 2.29. The van der Waals surface area contributed by atoms with Gasteiger partial charge in [0.15, 0.2) is 0 Å². The third kappa shape index (κ3) is 5.10. The summed E-state index contributed by atoms with van der Waals surface area (Å²) < 4.78 is 13.6. The summed E-state index contributed by atoms with van der Waals surface area (Å²) in [6.07, 6.45) is 1.03. The predicted octanol–water partition coefficient (Wildman–Crippen LogP) is 6.68. The van der Waals surface area contributed by atoms with Gasteiger partial charge in [0.2, 0.25) is 6.10 Å². The van der Waals surface area contributed by atoms with Crippen molar-refractivity contribution in [3.05, 3.63) is 94.3 Å². The summed E-state index contributed by atoms with van der Waals surface area (Å²) >= 11 is 6.34. The molecule has 0 saturated heterocycles. The summed E-state index contributed by atoms with van der Waals surface area (Å²) in [6.45, 7) is 7.01. The quantitative estimate of drug-likeness (QED) is 0.253. The van der Waals surface area contributed by atoms with Gasteiger partial charge in [0.25, 0.3) is 0 Å². The van der Waals surface area contributed by atoms with E-state index < -0.39 is 12.1 Å². The van der Waals surface area contributed by atoms with E-state index in [1.54, 1.807) is 19.1 Å². The van der Waals surface area contributed by atoms with E-state index in [4.69, 9.17) is 26.1 Å². The number of fused-ring (bicyclic) bond motifs is 1. The molecule has 5 nitrogen and oxygen atoms in total. The van der Waals surface area contributed by atoms with Crippen molar-refractivity contribution in [3.8, 4) is 5.75 Å². The molecule has 0 aliphatic heterocycles. The number of halogens is 1. The first kappa shape index (κ1) is 23.8. The molecule has 0 aliphatic carbocycles. The van der Waals surface area contributed by atoms with E-state index in [1.807, 2.05) is 36.4 Å². The van der Waals surface area contributed by atoms with Crippen LogP contribution in [0.2, 0.25) is 5.02 Å². The van der Waals surface area contributed by atoms with Crippen molar-refractivity contribution in [2.45, 2.75) is 46.3 Å². The molecule has 4 aromatic rings. The molecule has 1 atom stereocenters. The predicted molar refractivity (Wildman–Crippen MR) is 135 cm³/mol. The van der Waals surface area contributed by atoms with E-state index in [2.05, 4.69) is 36.6 Å². The first-order valence-electron chi connectivity index (χ1n) is 11.6. The van der Waals surface area contributed by atoms with Crippen molar-refractivity contribution >= 4 is 28.6 Å². The van der Waals surface area contributed by atoms with Crippen LogP contribution in [0.15, 0.2) is 66.7 Å². The highest BCUT2D eigenvalue weighted by Gasteiger charge is 2.26. The standard InChI is InChI=1S/C28H29ClN2O3/c1-4-9-25-30-26-19(3)10-8-13-24(26)31(25)18-20-14-16-21(17-15-20)34-27(28(32)33-5-2)22-11-6-7-12-23(22)29/h6-8,10-17,27H,4-5,9,18H2,1-3H3. The second kappa shape index (κ2) is 10.7. The lowest BCUT2D eigenvalue weighted by Gasteiger charge is -2.19. The van der Waals surface area contributed by atoms with Crippen molar-refractivity contribution in [3.63, 3.8) is 0 Å². The summed E-state index contributed by atoms with van der Waals surface area (Å²) in [7, 11) is 0. The highest BCUT2D eigenvalue weighted by molar-refractivity contribution is 6.31. The van der Waals surface area contributed by atoms with Crippen molar-refractivity contribution < 1.29 is 14.3 Å². The van der Waals surface area contributed by atoms with Crippen molar-refractivity contribution in [1.29, 1.82) is 0 Å². The molecular weight excluding hydrogens is 448 g/mol. The second-order valence-electron chi connectivity index (χ2n) is 8.22. The number of esters is 1. The molecule has 1 unspecified atom stereocenters. The molecule has 0 amide bonds. The molecule has 1 heterocycles. The van der Waals surface area contributed by atoms with Crippen LogP contribution in [0.4, 0.5) is 0 Å². The van der Waals surface area contributed by atoms with E-state index in [1.165, 1.54) is 5.56 Å². The molecule has 1 aromatic heterocycles. The van der Waals surface area contributed by atoms with Crippen molar-refractivity contribution in [2.24, 2.45) is 0 Å². The Hall–Kier alpha value is -3.31. The monoisotopic (exact) mass is 476 g/mol. The Kier molecular flexibility index (Phi) is 7.53. The van der Waals surface area contributed by atoms with Gasteiger partial charge in [-0.15, -0.1) is 0 Å². The van der Waals surface area contributed by atoms with Gasteiger partial charge in [-0.2, -0.15) is 0 Å². The fourth-order valence-electron chi connectivity index (χ4n) is 4.06. The first-order chi connectivity index (χ1) is 16.5. The first-order valence-corrected chi connectivity index (χ1v) is 12.0. The second-order valence-corrected chi connectivity index (χ2v) is 8.63.